The molecule has 78 valence electrons. The largest absolute Gasteiger partial charge is 0.370 e. The fraction of sp³-hybridized carbons (Fsp3) is 0.222. The molecule has 0 aliphatic heterocycles. The molecule has 3 nitrogen and oxygen atoms in total. The van der Waals surface area contributed by atoms with Crippen LogP contribution in [-0.4, -0.2) is 5.91 Å². The van der Waals surface area contributed by atoms with Crippen LogP contribution >= 0.6 is 24.0 Å². The summed E-state index contributed by atoms with van der Waals surface area (Å²) in [6, 6.07) is 6.70. The van der Waals surface area contributed by atoms with E-state index in [1.54, 1.807) is 24.3 Å². The van der Waals surface area contributed by atoms with E-state index in [4.69, 9.17) is 23.1 Å². The Balaban J connectivity index is 0.00000169. The lowest BCUT2D eigenvalue weighted by molar-refractivity contribution is -0.118. The number of halogens is 2. The second-order valence-electron chi connectivity index (χ2n) is 2.83. The number of amides is 1. The molecule has 0 unspecified atom stereocenters. The fourth-order valence-electron chi connectivity index (χ4n) is 1.04. The maximum absolute atomic E-state index is 10.6. The minimum Gasteiger partial charge on any atom is -0.370 e. The average molecular weight is 235 g/mol. The van der Waals surface area contributed by atoms with Crippen molar-refractivity contribution in [2.24, 2.45) is 11.5 Å². The molecule has 1 amide bonds. The van der Waals surface area contributed by atoms with Crippen LogP contribution in [0.25, 0.3) is 0 Å². The van der Waals surface area contributed by atoms with Crippen molar-refractivity contribution in [2.75, 3.05) is 0 Å². The van der Waals surface area contributed by atoms with Gasteiger partial charge in [0.05, 0.1) is 0 Å². The first-order chi connectivity index (χ1) is 6.09. The van der Waals surface area contributed by atoms with Crippen LogP contribution in [-0.2, 0) is 4.79 Å². The Labute approximate surface area is 93.8 Å². The van der Waals surface area contributed by atoms with E-state index in [2.05, 4.69) is 0 Å². The molecule has 0 aromatic heterocycles. The van der Waals surface area contributed by atoms with Crippen molar-refractivity contribution in [1.82, 2.24) is 0 Å². The molecule has 0 aliphatic rings. The second kappa shape index (κ2) is 5.86. The highest BCUT2D eigenvalue weighted by Crippen LogP contribution is 2.16. The van der Waals surface area contributed by atoms with Gasteiger partial charge in [0.1, 0.15) is 0 Å². The monoisotopic (exact) mass is 234 g/mol. The molecule has 1 aromatic rings. The minimum absolute atomic E-state index is 0. The van der Waals surface area contributed by atoms with Crippen molar-refractivity contribution >= 4 is 29.9 Å². The normalized spacial score (nSPS) is 11.6. The zero-order valence-electron chi connectivity index (χ0n) is 7.44. The standard InChI is InChI=1S/C9H11ClN2O.ClH/c10-7-3-1-6(2-4-7)8(11)5-9(12)13;/h1-4,8H,5,11H2,(H2,12,13);1H/t8-;/m1./s1. The van der Waals surface area contributed by atoms with Gasteiger partial charge in [0.25, 0.3) is 0 Å². The number of nitrogens with two attached hydrogens (primary N) is 2. The Morgan fingerprint density at radius 2 is 1.86 bits per heavy atom. The summed E-state index contributed by atoms with van der Waals surface area (Å²) < 4.78 is 0. The van der Waals surface area contributed by atoms with Crippen molar-refractivity contribution in [2.45, 2.75) is 12.5 Å². The number of carbonyl (C=O) groups is 1. The molecule has 0 spiro atoms. The molecule has 0 bridgehead atoms. The molecule has 0 radical (unpaired) electrons. The van der Waals surface area contributed by atoms with Gasteiger partial charge >= 0.3 is 0 Å². The van der Waals surface area contributed by atoms with Gasteiger partial charge in [-0.25, -0.2) is 0 Å². The van der Waals surface area contributed by atoms with Gasteiger partial charge in [-0.15, -0.1) is 12.4 Å². The number of hydrogen-bond donors (Lipinski definition) is 2. The van der Waals surface area contributed by atoms with Gasteiger partial charge in [-0.1, -0.05) is 23.7 Å². The van der Waals surface area contributed by atoms with Gasteiger partial charge in [-0.2, -0.15) is 0 Å². The summed E-state index contributed by atoms with van der Waals surface area (Å²) in [5.74, 6) is -0.401. The highest BCUT2D eigenvalue weighted by atomic mass is 35.5. The van der Waals surface area contributed by atoms with Crippen LogP contribution in [0.3, 0.4) is 0 Å². The quantitative estimate of drug-likeness (QED) is 0.835. The van der Waals surface area contributed by atoms with Crippen molar-refractivity contribution in [1.29, 1.82) is 0 Å². The SMILES string of the molecule is Cl.NC(=O)C[C@@H](N)c1ccc(Cl)cc1. The first-order valence-corrected chi connectivity index (χ1v) is 4.26. The first kappa shape index (κ1) is 13.2. The van der Waals surface area contributed by atoms with Crippen molar-refractivity contribution in [3.05, 3.63) is 34.9 Å². The number of hydrogen-bond acceptors (Lipinski definition) is 2. The van der Waals surface area contributed by atoms with Gasteiger partial charge in [0.2, 0.25) is 5.91 Å². The number of rotatable bonds is 3. The molecule has 1 aromatic carbocycles. The van der Waals surface area contributed by atoms with E-state index < -0.39 is 5.91 Å². The fourth-order valence-corrected chi connectivity index (χ4v) is 1.17. The van der Waals surface area contributed by atoms with E-state index in [-0.39, 0.29) is 24.9 Å². The molecular formula is C9H12Cl2N2O. The second-order valence-corrected chi connectivity index (χ2v) is 3.26. The maximum Gasteiger partial charge on any atom is 0.219 e. The third kappa shape index (κ3) is 3.96. The topological polar surface area (TPSA) is 69.1 Å². The molecule has 0 saturated heterocycles. The van der Waals surface area contributed by atoms with E-state index in [0.717, 1.165) is 5.56 Å². The predicted molar refractivity (Wildman–Crippen MR) is 59.4 cm³/mol. The van der Waals surface area contributed by atoms with Gasteiger partial charge < -0.3 is 11.5 Å². The molecule has 1 atom stereocenters. The van der Waals surface area contributed by atoms with Crippen molar-refractivity contribution < 1.29 is 4.79 Å². The number of carbonyl (C=O) groups excluding carboxylic acids is 1. The third-order valence-corrected chi connectivity index (χ3v) is 1.97. The lowest BCUT2D eigenvalue weighted by atomic mass is 10.1. The Bertz CT molecular complexity index is 300. The smallest absolute Gasteiger partial charge is 0.219 e. The molecule has 1 rings (SSSR count). The first-order valence-electron chi connectivity index (χ1n) is 3.89. The summed E-state index contributed by atoms with van der Waals surface area (Å²) in [7, 11) is 0. The zero-order chi connectivity index (χ0) is 9.84. The van der Waals surface area contributed by atoms with Crippen molar-refractivity contribution in [3.8, 4) is 0 Å². The molecule has 0 heterocycles. The van der Waals surface area contributed by atoms with E-state index >= 15 is 0 Å². The molecule has 0 saturated carbocycles. The Morgan fingerprint density at radius 1 is 1.36 bits per heavy atom. The number of primary amides is 1. The van der Waals surface area contributed by atoms with E-state index in [0.29, 0.717) is 5.02 Å². The minimum atomic E-state index is -0.401. The summed E-state index contributed by atoms with van der Waals surface area (Å²) in [6.07, 6.45) is 0.154. The Hall–Kier alpha value is -0.770. The molecule has 0 fully saturated rings. The van der Waals surface area contributed by atoms with Gasteiger partial charge in [-0.3, -0.25) is 4.79 Å². The Kier molecular flexibility index (Phi) is 5.53. The van der Waals surface area contributed by atoms with Gasteiger partial charge in [0.15, 0.2) is 0 Å². The lowest BCUT2D eigenvalue weighted by Crippen LogP contribution is -2.20. The average Bonchev–Trinajstić information content (AvgIpc) is 2.04. The van der Waals surface area contributed by atoms with E-state index in [1.807, 2.05) is 0 Å². The van der Waals surface area contributed by atoms with E-state index in [9.17, 15) is 4.79 Å². The summed E-state index contributed by atoms with van der Waals surface area (Å²) in [4.78, 5) is 10.6. The van der Waals surface area contributed by atoms with Gasteiger partial charge in [-0.05, 0) is 17.7 Å². The predicted octanol–water partition coefficient (Wildman–Crippen LogP) is 1.64. The third-order valence-electron chi connectivity index (χ3n) is 1.72. The summed E-state index contributed by atoms with van der Waals surface area (Å²) >= 11 is 5.69. The summed E-state index contributed by atoms with van der Waals surface area (Å²) in [5.41, 5.74) is 11.6. The zero-order valence-corrected chi connectivity index (χ0v) is 9.02. The van der Waals surface area contributed by atoms with Gasteiger partial charge in [0, 0.05) is 17.5 Å². The highest BCUT2D eigenvalue weighted by molar-refractivity contribution is 6.30. The van der Waals surface area contributed by atoms with Crippen LogP contribution in [0.4, 0.5) is 0 Å². The van der Waals surface area contributed by atoms with Crippen LogP contribution in [0.2, 0.25) is 5.02 Å². The molecule has 0 aliphatic carbocycles. The number of benzene rings is 1. The lowest BCUT2D eigenvalue weighted by Gasteiger charge is -2.09. The molecule has 4 N–H and O–H groups in total. The van der Waals surface area contributed by atoms with Crippen LogP contribution in [0, 0.1) is 0 Å². The van der Waals surface area contributed by atoms with E-state index in [1.165, 1.54) is 0 Å². The molecular weight excluding hydrogens is 223 g/mol. The summed E-state index contributed by atoms with van der Waals surface area (Å²) in [6.45, 7) is 0. The highest BCUT2D eigenvalue weighted by Gasteiger charge is 2.08. The van der Waals surface area contributed by atoms with Crippen LogP contribution < -0.4 is 11.5 Å². The summed E-state index contributed by atoms with van der Waals surface area (Å²) in [5, 5.41) is 0.648. The van der Waals surface area contributed by atoms with Crippen LogP contribution in [0.5, 0.6) is 0 Å². The maximum atomic E-state index is 10.6. The van der Waals surface area contributed by atoms with Crippen molar-refractivity contribution in [3.63, 3.8) is 0 Å². The molecule has 14 heavy (non-hydrogen) atoms. The van der Waals surface area contributed by atoms with Crippen LogP contribution in [0.1, 0.15) is 18.0 Å². The molecule has 5 heteroatoms. The van der Waals surface area contributed by atoms with Crippen LogP contribution in [0.15, 0.2) is 24.3 Å². The Morgan fingerprint density at radius 3 is 2.29 bits per heavy atom.